The number of nitrogens with zero attached hydrogens (tertiary/aromatic N) is 4. The summed E-state index contributed by atoms with van der Waals surface area (Å²) in [7, 11) is 0. The molecule has 0 radical (unpaired) electrons. The van der Waals surface area contributed by atoms with Crippen molar-refractivity contribution in [3.63, 3.8) is 0 Å². The molecule has 2 unspecified atom stereocenters. The molecule has 1 amide bonds. The number of hydrogen-bond acceptors (Lipinski definition) is 6. The number of nitrogens with one attached hydrogen (secondary N) is 1. The Morgan fingerprint density at radius 1 is 1.41 bits per heavy atom. The van der Waals surface area contributed by atoms with Crippen LogP contribution in [0.3, 0.4) is 0 Å². The molecule has 1 aliphatic carbocycles. The summed E-state index contributed by atoms with van der Waals surface area (Å²) in [5, 5.41) is 13.1. The van der Waals surface area contributed by atoms with Crippen molar-refractivity contribution in [1.82, 2.24) is 15.0 Å². The number of nitrogen functional groups attached to an aromatic ring is 1. The molecule has 0 bridgehead atoms. The number of carbonyl (C=O) groups excluding carboxylic acids is 1. The van der Waals surface area contributed by atoms with Crippen molar-refractivity contribution < 1.29 is 4.79 Å². The van der Waals surface area contributed by atoms with Gasteiger partial charge in [-0.05, 0) is 48.4 Å². The van der Waals surface area contributed by atoms with Gasteiger partial charge in [-0.2, -0.15) is 5.26 Å². The van der Waals surface area contributed by atoms with Crippen LogP contribution in [-0.2, 0) is 4.79 Å². The number of carbonyl (C=O) groups is 1. The molecule has 3 aromatic heterocycles. The maximum absolute atomic E-state index is 12.3. The number of nitrogens with two attached hydrogens (primary N) is 1. The zero-order chi connectivity index (χ0) is 19.0. The molecule has 7 nitrogen and oxygen atoms in total. The van der Waals surface area contributed by atoms with Crippen molar-refractivity contribution in [1.29, 1.82) is 5.26 Å². The fourth-order valence-electron chi connectivity index (χ4n) is 3.24. The number of nitriles is 1. The molecular weight excluding hydrogens is 340 g/mol. The fraction of sp³-hybridized carbons (Fsp3) is 0.250. The number of aromatic nitrogens is 3. The monoisotopic (exact) mass is 358 g/mol. The summed E-state index contributed by atoms with van der Waals surface area (Å²) in [6.07, 6.45) is 6.29. The number of fused-ring (bicyclic) bond motifs is 1. The van der Waals surface area contributed by atoms with Crippen molar-refractivity contribution in [2.45, 2.75) is 19.8 Å². The Bertz CT molecular complexity index is 1090. The lowest BCUT2D eigenvalue weighted by atomic mass is 10.1. The van der Waals surface area contributed by atoms with Gasteiger partial charge in [-0.3, -0.25) is 9.78 Å². The molecule has 3 N–H and O–H groups in total. The number of anilines is 2. The van der Waals surface area contributed by atoms with Gasteiger partial charge in [0.1, 0.15) is 11.6 Å². The van der Waals surface area contributed by atoms with Gasteiger partial charge in [0.25, 0.3) is 0 Å². The van der Waals surface area contributed by atoms with Gasteiger partial charge in [0, 0.05) is 41.9 Å². The normalized spacial score (nSPS) is 18.1. The largest absolute Gasteiger partial charge is 0.383 e. The second kappa shape index (κ2) is 6.65. The lowest BCUT2D eigenvalue weighted by Crippen LogP contribution is -2.15. The number of rotatable bonds is 4. The van der Waals surface area contributed by atoms with Crippen LogP contribution < -0.4 is 11.1 Å². The predicted octanol–water partition coefficient (Wildman–Crippen LogP) is 3.07. The van der Waals surface area contributed by atoms with Crippen molar-refractivity contribution in [3.05, 3.63) is 42.4 Å². The molecule has 0 spiro atoms. The van der Waals surface area contributed by atoms with Crippen molar-refractivity contribution >= 4 is 28.3 Å². The topological polar surface area (TPSA) is 118 Å². The number of amides is 1. The Hall–Kier alpha value is -3.53. The molecule has 3 aromatic rings. The summed E-state index contributed by atoms with van der Waals surface area (Å²) in [4.78, 5) is 25.2. The third-order valence-electron chi connectivity index (χ3n) is 4.92. The van der Waals surface area contributed by atoms with E-state index in [1.165, 1.54) is 0 Å². The summed E-state index contributed by atoms with van der Waals surface area (Å²) >= 11 is 0. The minimum atomic E-state index is -0.0988. The van der Waals surface area contributed by atoms with E-state index >= 15 is 0 Å². The molecule has 2 atom stereocenters. The van der Waals surface area contributed by atoms with Gasteiger partial charge in [0.15, 0.2) is 0 Å². The average molecular weight is 358 g/mol. The van der Waals surface area contributed by atoms with E-state index in [1.54, 1.807) is 24.7 Å². The molecule has 7 heteroatoms. The minimum absolute atomic E-state index is 0.0903. The first-order valence-corrected chi connectivity index (χ1v) is 8.72. The van der Waals surface area contributed by atoms with Gasteiger partial charge in [-0.1, -0.05) is 0 Å². The lowest BCUT2D eigenvalue weighted by molar-refractivity contribution is -0.117. The Morgan fingerprint density at radius 2 is 2.26 bits per heavy atom. The van der Waals surface area contributed by atoms with Gasteiger partial charge < -0.3 is 11.1 Å². The third kappa shape index (κ3) is 3.29. The van der Waals surface area contributed by atoms with E-state index in [1.807, 2.05) is 19.1 Å². The highest BCUT2D eigenvalue weighted by Gasteiger charge is 2.42. The van der Waals surface area contributed by atoms with Gasteiger partial charge in [-0.15, -0.1) is 0 Å². The van der Waals surface area contributed by atoms with E-state index in [4.69, 9.17) is 11.0 Å². The van der Waals surface area contributed by atoms with Crippen LogP contribution in [-0.4, -0.2) is 20.9 Å². The molecule has 0 aliphatic heterocycles. The number of hydrogen-bond donors (Lipinski definition) is 2. The van der Waals surface area contributed by atoms with Gasteiger partial charge in [0.05, 0.1) is 11.8 Å². The molecular formula is C20H18N6O. The van der Waals surface area contributed by atoms with E-state index < -0.39 is 0 Å². The fourth-order valence-corrected chi connectivity index (χ4v) is 3.24. The molecule has 3 heterocycles. The highest BCUT2D eigenvalue weighted by molar-refractivity contribution is 5.98. The molecule has 134 valence electrons. The lowest BCUT2D eigenvalue weighted by Gasteiger charge is -2.10. The van der Waals surface area contributed by atoms with Crippen molar-refractivity contribution in [2.24, 2.45) is 11.8 Å². The van der Waals surface area contributed by atoms with Crippen molar-refractivity contribution in [3.8, 4) is 17.3 Å². The maximum Gasteiger partial charge on any atom is 0.228 e. The quantitative estimate of drug-likeness (QED) is 0.740. The second-order valence-electron chi connectivity index (χ2n) is 6.83. The van der Waals surface area contributed by atoms with Gasteiger partial charge in [0.2, 0.25) is 5.91 Å². The Kier molecular flexibility index (Phi) is 4.16. The van der Waals surface area contributed by atoms with E-state index in [0.29, 0.717) is 18.1 Å². The number of pyridine rings is 3. The molecule has 1 fully saturated rings. The summed E-state index contributed by atoms with van der Waals surface area (Å²) in [5.74, 6) is 0.822. The molecule has 0 aromatic carbocycles. The van der Waals surface area contributed by atoms with Crippen LogP contribution in [0.4, 0.5) is 11.6 Å². The second-order valence-corrected chi connectivity index (χ2v) is 6.83. The first-order valence-electron chi connectivity index (χ1n) is 8.72. The molecule has 1 saturated carbocycles. The summed E-state index contributed by atoms with van der Waals surface area (Å²) in [5.41, 5.74) is 8.80. The Balaban J connectivity index is 1.64. The predicted molar refractivity (Wildman–Crippen MR) is 102 cm³/mol. The summed E-state index contributed by atoms with van der Waals surface area (Å²) in [6.45, 7) is 1.99. The Morgan fingerprint density at radius 3 is 3.04 bits per heavy atom. The van der Waals surface area contributed by atoms with Gasteiger partial charge >= 0.3 is 0 Å². The van der Waals surface area contributed by atoms with Crippen LogP contribution in [0.15, 0.2) is 36.8 Å². The molecule has 27 heavy (non-hydrogen) atoms. The van der Waals surface area contributed by atoms with Crippen LogP contribution in [0.25, 0.3) is 22.0 Å². The summed E-state index contributed by atoms with van der Waals surface area (Å²) < 4.78 is 0. The van der Waals surface area contributed by atoms with E-state index in [2.05, 4.69) is 26.3 Å². The average Bonchev–Trinajstić information content (AvgIpc) is 3.41. The van der Waals surface area contributed by atoms with Crippen LogP contribution in [0.5, 0.6) is 0 Å². The third-order valence-corrected chi connectivity index (χ3v) is 4.92. The van der Waals surface area contributed by atoms with Crippen LogP contribution >= 0.6 is 0 Å². The van der Waals surface area contributed by atoms with E-state index in [9.17, 15) is 4.79 Å². The molecule has 1 aliphatic rings. The SMILES string of the molecule is Cc1ccncc1-c1cc2cc(NC(=O)C3CC3CC#N)ncc2c(N)n1. The van der Waals surface area contributed by atoms with Gasteiger partial charge in [-0.25, -0.2) is 9.97 Å². The Labute approximate surface area is 156 Å². The van der Waals surface area contributed by atoms with E-state index in [-0.39, 0.29) is 17.7 Å². The first kappa shape index (κ1) is 16.9. The highest BCUT2D eigenvalue weighted by Crippen LogP contribution is 2.41. The van der Waals surface area contributed by atoms with Crippen LogP contribution in [0, 0.1) is 30.1 Å². The standard InChI is InChI=1S/C20H18N6O/c1-11-3-5-23-9-15(11)17-7-13-8-18(24-10-16(13)19(22)25-17)26-20(27)14-6-12(14)2-4-21/h3,5,7-10,12,14H,2,6H2,1H3,(H2,22,25)(H,24,26,27). The smallest absolute Gasteiger partial charge is 0.228 e. The first-order chi connectivity index (χ1) is 13.1. The molecule has 4 rings (SSSR count). The molecule has 0 saturated heterocycles. The zero-order valence-corrected chi connectivity index (χ0v) is 14.8. The van der Waals surface area contributed by atoms with Crippen LogP contribution in [0.2, 0.25) is 0 Å². The highest BCUT2D eigenvalue weighted by atomic mass is 16.2. The van der Waals surface area contributed by atoms with Crippen LogP contribution in [0.1, 0.15) is 18.4 Å². The number of aryl methyl sites for hydroxylation is 1. The summed E-state index contributed by atoms with van der Waals surface area (Å²) in [6, 6.07) is 7.75. The maximum atomic E-state index is 12.3. The zero-order valence-electron chi connectivity index (χ0n) is 14.8. The minimum Gasteiger partial charge on any atom is -0.383 e. The van der Waals surface area contributed by atoms with Crippen molar-refractivity contribution in [2.75, 3.05) is 11.1 Å². The van der Waals surface area contributed by atoms with E-state index in [0.717, 1.165) is 34.0 Å².